The van der Waals surface area contributed by atoms with Gasteiger partial charge in [-0.15, -0.1) is 0 Å². The van der Waals surface area contributed by atoms with Crippen LogP contribution in [0.1, 0.15) is 72.3 Å². The summed E-state index contributed by atoms with van der Waals surface area (Å²) >= 11 is 3.42. The number of ketones is 2. The maximum absolute atomic E-state index is 13.0. The molecule has 1 fully saturated rings. The van der Waals surface area contributed by atoms with Crippen LogP contribution in [0.15, 0.2) is 53.0 Å². The molecule has 1 aliphatic rings. The second-order valence-electron chi connectivity index (χ2n) is 7.68. The molecule has 0 amide bonds. The highest BCUT2D eigenvalue weighted by Crippen LogP contribution is 2.36. The fourth-order valence-electron chi connectivity index (χ4n) is 4.05. The highest BCUT2D eigenvalue weighted by molar-refractivity contribution is 9.10. The van der Waals surface area contributed by atoms with E-state index in [-0.39, 0.29) is 17.6 Å². The molecule has 2 unspecified atom stereocenters. The molecule has 0 bridgehead atoms. The molecule has 3 heteroatoms. The van der Waals surface area contributed by atoms with Gasteiger partial charge in [-0.25, -0.2) is 0 Å². The van der Waals surface area contributed by atoms with Gasteiger partial charge in [0.1, 0.15) is 5.78 Å². The zero-order chi connectivity index (χ0) is 19.2. The summed E-state index contributed by atoms with van der Waals surface area (Å²) in [6.45, 7) is 2.06. The highest BCUT2D eigenvalue weighted by atomic mass is 79.9. The molecule has 1 aliphatic carbocycles. The zero-order valence-electron chi connectivity index (χ0n) is 15.9. The van der Waals surface area contributed by atoms with Gasteiger partial charge in [0.05, 0.1) is 0 Å². The van der Waals surface area contributed by atoms with Gasteiger partial charge < -0.3 is 0 Å². The van der Waals surface area contributed by atoms with Crippen LogP contribution in [0.4, 0.5) is 0 Å². The van der Waals surface area contributed by atoms with Crippen molar-refractivity contribution in [2.75, 3.05) is 0 Å². The SMILES string of the molecule is Cc1ccc(C(CC(=O)c2ccc(Br)cc2)C2CCCCCCC2=O)cc1. The van der Waals surface area contributed by atoms with Gasteiger partial charge in [-0.1, -0.05) is 77.2 Å². The summed E-state index contributed by atoms with van der Waals surface area (Å²) in [6, 6.07) is 15.9. The van der Waals surface area contributed by atoms with Crippen LogP contribution in [0, 0.1) is 12.8 Å². The van der Waals surface area contributed by atoms with E-state index in [1.54, 1.807) is 0 Å². The molecule has 142 valence electrons. The maximum Gasteiger partial charge on any atom is 0.163 e. The molecule has 2 atom stereocenters. The van der Waals surface area contributed by atoms with E-state index in [1.165, 1.54) is 12.0 Å². The second-order valence-corrected chi connectivity index (χ2v) is 8.59. The Labute approximate surface area is 170 Å². The van der Waals surface area contributed by atoms with Crippen molar-refractivity contribution in [3.8, 4) is 0 Å². The summed E-state index contributed by atoms with van der Waals surface area (Å²) in [6.07, 6.45) is 6.32. The smallest absolute Gasteiger partial charge is 0.163 e. The quantitative estimate of drug-likeness (QED) is 0.501. The van der Waals surface area contributed by atoms with Crippen LogP contribution in [-0.2, 0) is 4.79 Å². The third-order valence-electron chi connectivity index (χ3n) is 5.66. The Morgan fingerprint density at radius 3 is 2.37 bits per heavy atom. The lowest BCUT2D eigenvalue weighted by atomic mass is 9.75. The summed E-state index contributed by atoms with van der Waals surface area (Å²) in [5, 5.41) is 0. The molecule has 0 aliphatic heterocycles. The number of hydrogen-bond donors (Lipinski definition) is 0. The first kappa shape index (κ1) is 20.0. The van der Waals surface area contributed by atoms with E-state index in [4.69, 9.17) is 0 Å². The van der Waals surface area contributed by atoms with Crippen molar-refractivity contribution in [1.82, 2.24) is 0 Å². The van der Waals surface area contributed by atoms with Gasteiger partial charge in [-0.2, -0.15) is 0 Å². The van der Waals surface area contributed by atoms with E-state index in [0.29, 0.717) is 24.2 Å². The standard InChI is InChI=1S/C24H27BrO2/c1-17-8-10-18(11-9-17)22(21-6-4-2-3-5-7-23(21)26)16-24(27)19-12-14-20(25)15-13-19/h8-15,21-22H,2-7,16H2,1H3. The van der Waals surface area contributed by atoms with Gasteiger partial charge in [0.2, 0.25) is 0 Å². The number of hydrogen-bond acceptors (Lipinski definition) is 2. The van der Waals surface area contributed by atoms with Crippen molar-refractivity contribution >= 4 is 27.5 Å². The number of benzene rings is 2. The van der Waals surface area contributed by atoms with Gasteiger partial charge in [0.15, 0.2) is 5.78 Å². The number of rotatable bonds is 5. The third kappa shape index (κ3) is 5.38. The van der Waals surface area contributed by atoms with E-state index in [1.807, 2.05) is 24.3 Å². The Balaban J connectivity index is 1.88. The minimum atomic E-state index is -0.0487. The first-order valence-electron chi connectivity index (χ1n) is 9.92. The Morgan fingerprint density at radius 1 is 1.00 bits per heavy atom. The number of aryl methyl sites for hydroxylation is 1. The summed E-state index contributed by atoms with van der Waals surface area (Å²) in [5.41, 5.74) is 3.03. The first-order chi connectivity index (χ1) is 13.0. The molecular formula is C24H27BrO2. The van der Waals surface area contributed by atoms with Gasteiger partial charge in [-0.3, -0.25) is 9.59 Å². The molecule has 2 nitrogen and oxygen atoms in total. The molecule has 2 aromatic rings. The predicted octanol–water partition coefficient (Wildman–Crippen LogP) is 6.65. The van der Waals surface area contributed by atoms with E-state index in [2.05, 4.69) is 47.1 Å². The van der Waals surface area contributed by atoms with Crippen molar-refractivity contribution < 1.29 is 9.59 Å². The Hall–Kier alpha value is -1.74. The second kappa shape index (κ2) is 9.45. The number of carbonyl (C=O) groups is 2. The van der Waals surface area contributed by atoms with Crippen LogP contribution >= 0.6 is 15.9 Å². The van der Waals surface area contributed by atoms with Crippen LogP contribution in [0.2, 0.25) is 0 Å². The minimum Gasteiger partial charge on any atom is -0.299 e. The number of halogens is 1. The van der Waals surface area contributed by atoms with Crippen molar-refractivity contribution in [3.05, 3.63) is 69.7 Å². The topological polar surface area (TPSA) is 34.1 Å². The normalized spacial score (nSPS) is 19.2. The summed E-state index contributed by atoms with van der Waals surface area (Å²) < 4.78 is 0.962. The zero-order valence-corrected chi connectivity index (χ0v) is 17.5. The monoisotopic (exact) mass is 426 g/mol. The molecule has 2 aromatic carbocycles. The van der Waals surface area contributed by atoms with Crippen molar-refractivity contribution in [3.63, 3.8) is 0 Å². The Morgan fingerprint density at radius 2 is 1.67 bits per heavy atom. The van der Waals surface area contributed by atoms with Gasteiger partial charge in [-0.05, 0) is 37.5 Å². The van der Waals surface area contributed by atoms with Crippen LogP contribution < -0.4 is 0 Å². The average Bonchev–Trinajstić information content (AvgIpc) is 2.65. The molecule has 0 N–H and O–H groups in total. The molecule has 0 saturated heterocycles. The minimum absolute atomic E-state index is 0.0349. The van der Waals surface area contributed by atoms with Gasteiger partial charge in [0.25, 0.3) is 0 Å². The predicted molar refractivity (Wildman–Crippen MR) is 113 cm³/mol. The third-order valence-corrected chi connectivity index (χ3v) is 6.19. The molecule has 0 heterocycles. The van der Waals surface area contributed by atoms with Crippen LogP contribution in [0.5, 0.6) is 0 Å². The van der Waals surface area contributed by atoms with E-state index in [9.17, 15) is 9.59 Å². The van der Waals surface area contributed by atoms with Gasteiger partial charge >= 0.3 is 0 Å². The van der Waals surface area contributed by atoms with Crippen LogP contribution in [-0.4, -0.2) is 11.6 Å². The lowest BCUT2D eigenvalue weighted by Crippen LogP contribution is -2.26. The molecular weight excluding hydrogens is 400 g/mol. The summed E-state index contributed by atoms with van der Waals surface area (Å²) in [7, 11) is 0. The average molecular weight is 427 g/mol. The number of carbonyl (C=O) groups excluding carboxylic acids is 2. The fourth-order valence-corrected chi connectivity index (χ4v) is 4.31. The maximum atomic E-state index is 13.0. The highest BCUT2D eigenvalue weighted by Gasteiger charge is 2.31. The van der Waals surface area contributed by atoms with Crippen LogP contribution in [0.25, 0.3) is 0 Å². The van der Waals surface area contributed by atoms with E-state index >= 15 is 0 Å². The largest absolute Gasteiger partial charge is 0.299 e. The molecule has 0 aromatic heterocycles. The van der Waals surface area contributed by atoms with Crippen LogP contribution in [0.3, 0.4) is 0 Å². The molecule has 0 radical (unpaired) electrons. The van der Waals surface area contributed by atoms with Gasteiger partial charge in [0, 0.05) is 34.7 Å². The molecule has 0 spiro atoms. The Bertz CT molecular complexity index is 777. The van der Waals surface area contributed by atoms with E-state index < -0.39 is 0 Å². The molecule has 3 rings (SSSR count). The molecule has 27 heavy (non-hydrogen) atoms. The lowest BCUT2D eigenvalue weighted by Gasteiger charge is -2.28. The summed E-state index contributed by atoms with van der Waals surface area (Å²) in [5.74, 6) is 0.367. The van der Waals surface area contributed by atoms with Crippen molar-refractivity contribution in [2.45, 2.75) is 57.8 Å². The Kier molecular flexibility index (Phi) is 7.01. The van der Waals surface area contributed by atoms with Crippen molar-refractivity contribution in [1.29, 1.82) is 0 Å². The summed E-state index contributed by atoms with van der Waals surface area (Å²) in [4.78, 5) is 25.9. The van der Waals surface area contributed by atoms with E-state index in [0.717, 1.165) is 35.7 Å². The fraction of sp³-hybridized carbons (Fsp3) is 0.417. The van der Waals surface area contributed by atoms with Crippen molar-refractivity contribution in [2.24, 2.45) is 5.92 Å². The number of Topliss-reactive ketones (excluding diaryl/α,β-unsaturated/α-hetero) is 2. The molecule has 1 saturated carbocycles. The lowest BCUT2D eigenvalue weighted by molar-refractivity contribution is -0.124. The first-order valence-corrected chi connectivity index (χ1v) is 10.7.